The number of nitrogens with one attached hydrogen (secondary N) is 1. The first-order chi connectivity index (χ1) is 9.31. The molecule has 1 aromatic heterocycles. The van der Waals surface area contributed by atoms with Crippen molar-refractivity contribution in [2.45, 2.75) is 19.9 Å². The van der Waals surface area contributed by atoms with Gasteiger partial charge in [0.05, 0.1) is 13.2 Å². The summed E-state index contributed by atoms with van der Waals surface area (Å²) in [7, 11) is 3.37. The van der Waals surface area contributed by atoms with E-state index < -0.39 is 0 Å². The minimum Gasteiger partial charge on any atom is -0.407 e. The van der Waals surface area contributed by atoms with Crippen molar-refractivity contribution in [3.05, 3.63) is 5.89 Å². The molecule has 0 unspecified atom stereocenters. The van der Waals surface area contributed by atoms with E-state index >= 15 is 0 Å². The monoisotopic (exact) mass is 272 g/mol. The minimum atomic E-state index is 0.543. The third kappa shape index (κ3) is 6.00. The lowest BCUT2D eigenvalue weighted by Crippen LogP contribution is -2.29. The van der Waals surface area contributed by atoms with Crippen molar-refractivity contribution in [1.82, 2.24) is 15.5 Å². The van der Waals surface area contributed by atoms with Crippen LogP contribution in [0.2, 0.25) is 0 Å². The number of aromatic nitrogens is 2. The van der Waals surface area contributed by atoms with Crippen molar-refractivity contribution < 1.29 is 13.9 Å². The predicted molar refractivity (Wildman–Crippen MR) is 72.3 cm³/mol. The van der Waals surface area contributed by atoms with E-state index in [9.17, 15) is 0 Å². The normalized spacial score (nSPS) is 10.9. The molecule has 0 saturated heterocycles. The summed E-state index contributed by atoms with van der Waals surface area (Å²) >= 11 is 0. The highest BCUT2D eigenvalue weighted by molar-refractivity contribution is 5.23. The van der Waals surface area contributed by atoms with Crippen molar-refractivity contribution in [3.63, 3.8) is 0 Å². The lowest BCUT2D eigenvalue weighted by Gasteiger charge is -2.19. The van der Waals surface area contributed by atoms with Gasteiger partial charge in [-0.05, 0) is 13.0 Å². The topological polar surface area (TPSA) is 72.7 Å². The molecule has 0 aliphatic rings. The molecular weight excluding hydrogens is 248 g/mol. The summed E-state index contributed by atoms with van der Waals surface area (Å²) in [6, 6.07) is 0.543. The third-order valence-corrected chi connectivity index (χ3v) is 2.59. The predicted octanol–water partition coefficient (Wildman–Crippen LogP) is 0.668. The largest absolute Gasteiger partial charge is 0.407 e. The zero-order valence-corrected chi connectivity index (χ0v) is 12.0. The van der Waals surface area contributed by atoms with E-state index in [1.807, 2.05) is 11.8 Å². The molecule has 1 rings (SSSR count). The summed E-state index contributed by atoms with van der Waals surface area (Å²) in [5, 5.41) is 11.2. The number of hydrogen-bond acceptors (Lipinski definition) is 7. The Bertz CT molecular complexity index is 333. The van der Waals surface area contributed by atoms with Crippen LogP contribution in [0.3, 0.4) is 0 Å². The molecule has 0 aliphatic heterocycles. The number of anilines is 1. The van der Waals surface area contributed by atoms with Crippen LogP contribution < -0.4 is 10.2 Å². The molecule has 1 heterocycles. The summed E-state index contributed by atoms with van der Waals surface area (Å²) in [6.45, 7) is 6.37. The fourth-order valence-corrected chi connectivity index (χ4v) is 1.58. The Kier molecular flexibility index (Phi) is 8.11. The Morgan fingerprint density at radius 2 is 1.95 bits per heavy atom. The molecule has 19 heavy (non-hydrogen) atoms. The van der Waals surface area contributed by atoms with Gasteiger partial charge in [0.2, 0.25) is 5.89 Å². The van der Waals surface area contributed by atoms with Gasteiger partial charge in [-0.2, -0.15) is 0 Å². The molecule has 1 N–H and O–H groups in total. The van der Waals surface area contributed by atoms with Crippen LogP contribution in [0, 0.1) is 0 Å². The number of nitrogens with zero attached hydrogens (tertiary/aromatic N) is 3. The lowest BCUT2D eigenvalue weighted by molar-refractivity contribution is 0.189. The van der Waals surface area contributed by atoms with Gasteiger partial charge in [0.15, 0.2) is 0 Å². The van der Waals surface area contributed by atoms with Gasteiger partial charge in [0, 0.05) is 33.9 Å². The van der Waals surface area contributed by atoms with Crippen molar-refractivity contribution in [1.29, 1.82) is 0 Å². The fourth-order valence-electron chi connectivity index (χ4n) is 1.58. The fraction of sp³-hybridized carbons (Fsp3) is 0.833. The van der Waals surface area contributed by atoms with Crippen LogP contribution in [0.25, 0.3) is 0 Å². The molecule has 0 radical (unpaired) electrons. The maximum atomic E-state index is 5.62. The smallest absolute Gasteiger partial charge is 0.318 e. The van der Waals surface area contributed by atoms with Gasteiger partial charge >= 0.3 is 6.01 Å². The number of hydrogen-bond donors (Lipinski definition) is 1. The van der Waals surface area contributed by atoms with Crippen LogP contribution in [-0.2, 0) is 16.0 Å². The van der Waals surface area contributed by atoms with Crippen LogP contribution >= 0.6 is 0 Å². The van der Waals surface area contributed by atoms with Crippen molar-refractivity contribution in [3.8, 4) is 0 Å². The SMILES string of the molecule is CCNCc1nnc(N(CCCOC)CCOC)o1. The highest BCUT2D eigenvalue weighted by atomic mass is 16.5. The lowest BCUT2D eigenvalue weighted by atomic mass is 10.4. The second-order valence-corrected chi connectivity index (χ2v) is 4.08. The maximum absolute atomic E-state index is 5.62. The first kappa shape index (κ1) is 15.9. The van der Waals surface area contributed by atoms with Crippen LogP contribution in [0.1, 0.15) is 19.2 Å². The number of ether oxygens (including phenoxy) is 2. The van der Waals surface area contributed by atoms with E-state index in [2.05, 4.69) is 15.5 Å². The summed E-state index contributed by atoms with van der Waals surface area (Å²) < 4.78 is 15.8. The van der Waals surface area contributed by atoms with Gasteiger partial charge in [0.1, 0.15) is 0 Å². The third-order valence-electron chi connectivity index (χ3n) is 2.59. The maximum Gasteiger partial charge on any atom is 0.318 e. The Morgan fingerprint density at radius 1 is 1.16 bits per heavy atom. The van der Waals surface area contributed by atoms with Gasteiger partial charge in [-0.15, -0.1) is 5.10 Å². The summed E-state index contributed by atoms with van der Waals surface area (Å²) in [5.41, 5.74) is 0. The first-order valence-corrected chi connectivity index (χ1v) is 6.57. The van der Waals surface area contributed by atoms with Crippen LogP contribution in [-0.4, -0.2) is 57.3 Å². The molecule has 0 atom stereocenters. The molecule has 0 aromatic carbocycles. The van der Waals surface area contributed by atoms with Gasteiger partial charge < -0.3 is 24.1 Å². The summed E-state index contributed by atoms with van der Waals surface area (Å²) in [5.74, 6) is 0.603. The van der Waals surface area contributed by atoms with Gasteiger partial charge in [-0.3, -0.25) is 0 Å². The average Bonchev–Trinajstić information content (AvgIpc) is 2.89. The van der Waals surface area contributed by atoms with Gasteiger partial charge in [0.25, 0.3) is 0 Å². The van der Waals surface area contributed by atoms with E-state index in [1.165, 1.54) is 0 Å². The Morgan fingerprint density at radius 3 is 2.63 bits per heavy atom. The molecule has 0 spiro atoms. The number of methoxy groups -OCH3 is 2. The molecule has 0 aliphatic carbocycles. The summed E-state index contributed by atoms with van der Waals surface area (Å²) in [6.07, 6.45) is 0.908. The first-order valence-electron chi connectivity index (χ1n) is 6.57. The molecule has 7 nitrogen and oxygen atoms in total. The average molecular weight is 272 g/mol. The van der Waals surface area contributed by atoms with E-state index in [-0.39, 0.29) is 0 Å². The van der Waals surface area contributed by atoms with Crippen LogP contribution in [0.15, 0.2) is 4.42 Å². The zero-order valence-electron chi connectivity index (χ0n) is 12.0. The second-order valence-electron chi connectivity index (χ2n) is 4.08. The standard InChI is InChI=1S/C12H24N4O3/c1-4-13-10-11-14-15-12(19-11)16(7-9-18-3)6-5-8-17-2/h13H,4-10H2,1-3H3. The van der Waals surface area contributed by atoms with E-state index in [1.54, 1.807) is 14.2 Å². The number of rotatable bonds is 11. The molecule has 0 amide bonds. The quantitative estimate of drug-likeness (QED) is 0.593. The Labute approximate surface area is 114 Å². The molecule has 1 aromatic rings. The van der Waals surface area contributed by atoms with Crippen molar-refractivity contribution in [2.24, 2.45) is 0 Å². The Hall–Kier alpha value is -1.18. The zero-order chi connectivity index (χ0) is 13.9. The Balaban J connectivity index is 2.53. The van der Waals surface area contributed by atoms with Crippen molar-refractivity contribution in [2.75, 3.05) is 52.0 Å². The molecule has 0 saturated carbocycles. The molecule has 110 valence electrons. The molecule has 7 heteroatoms. The molecule has 0 bridgehead atoms. The van der Waals surface area contributed by atoms with E-state index in [0.717, 1.165) is 26.1 Å². The minimum absolute atomic E-state index is 0.543. The van der Waals surface area contributed by atoms with Crippen molar-refractivity contribution >= 4 is 6.01 Å². The van der Waals surface area contributed by atoms with Crippen LogP contribution in [0.4, 0.5) is 6.01 Å². The van der Waals surface area contributed by atoms with Gasteiger partial charge in [-0.1, -0.05) is 12.0 Å². The molecular formula is C12H24N4O3. The van der Waals surface area contributed by atoms with Gasteiger partial charge in [-0.25, -0.2) is 0 Å². The highest BCUT2D eigenvalue weighted by Crippen LogP contribution is 2.12. The van der Waals surface area contributed by atoms with E-state index in [0.29, 0.717) is 31.7 Å². The second kappa shape index (κ2) is 9.71. The highest BCUT2D eigenvalue weighted by Gasteiger charge is 2.13. The van der Waals surface area contributed by atoms with Crippen LogP contribution in [0.5, 0.6) is 0 Å². The molecule has 0 fully saturated rings. The summed E-state index contributed by atoms with van der Waals surface area (Å²) in [4.78, 5) is 2.02. The van der Waals surface area contributed by atoms with E-state index in [4.69, 9.17) is 13.9 Å².